The molecule has 34 heavy (non-hydrogen) atoms. The average molecular weight is 464 g/mol. The third-order valence-electron chi connectivity index (χ3n) is 4.81. The third-order valence-corrected chi connectivity index (χ3v) is 4.81. The van der Waals surface area contributed by atoms with Gasteiger partial charge in [0.2, 0.25) is 5.91 Å². The third kappa shape index (κ3) is 6.35. The largest absolute Gasteiger partial charge is 0.463 e. The highest BCUT2D eigenvalue weighted by atomic mass is 16.6. The number of amides is 1. The first-order valence-corrected chi connectivity index (χ1v) is 10.6. The Bertz CT molecular complexity index is 1240. The van der Waals surface area contributed by atoms with Crippen molar-refractivity contribution in [3.63, 3.8) is 0 Å². The number of rotatable bonds is 9. The van der Waals surface area contributed by atoms with Crippen LogP contribution in [0.15, 0.2) is 71.5 Å². The number of benzene rings is 2. The summed E-state index contributed by atoms with van der Waals surface area (Å²) in [5.41, 5.74) is 0.692. The molecule has 1 aromatic heterocycles. The molecule has 0 saturated heterocycles. The lowest BCUT2D eigenvalue weighted by molar-refractivity contribution is -0.385. The number of nitro benzene ring substituents is 1. The number of nitrogens with one attached hydrogen (secondary N) is 1. The second-order valence-electron chi connectivity index (χ2n) is 7.76. The van der Waals surface area contributed by atoms with Gasteiger partial charge in [-0.25, -0.2) is 4.68 Å². The lowest BCUT2D eigenvalue weighted by atomic mass is 10.0. The number of nitrogens with zero attached hydrogens (tertiary/aromatic N) is 3. The van der Waals surface area contributed by atoms with Gasteiger partial charge >= 0.3 is 5.97 Å². The molecule has 1 amide bonds. The number of esters is 1. The van der Waals surface area contributed by atoms with E-state index in [0.717, 1.165) is 10.2 Å². The fourth-order valence-corrected chi connectivity index (χ4v) is 3.37. The number of aromatic nitrogens is 2. The number of hydrogen-bond acceptors (Lipinski definition) is 7. The Morgan fingerprint density at radius 3 is 2.41 bits per heavy atom. The molecule has 0 radical (unpaired) electrons. The van der Waals surface area contributed by atoms with Crippen LogP contribution in [0.25, 0.3) is 11.3 Å². The van der Waals surface area contributed by atoms with Gasteiger partial charge in [0.15, 0.2) is 0 Å². The number of ether oxygens (including phenoxy) is 1. The molecule has 0 fully saturated rings. The lowest BCUT2D eigenvalue weighted by Gasteiger charge is -2.19. The van der Waals surface area contributed by atoms with Gasteiger partial charge in [0.25, 0.3) is 11.2 Å². The Balaban J connectivity index is 1.86. The van der Waals surface area contributed by atoms with E-state index in [-0.39, 0.29) is 17.7 Å². The Morgan fingerprint density at radius 2 is 1.74 bits per heavy atom. The number of nitro groups is 1. The van der Waals surface area contributed by atoms with Crippen molar-refractivity contribution in [2.24, 2.45) is 0 Å². The molecule has 0 saturated carbocycles. The fourth-order valence-electron chi connectivity index (χ4n) is 3.37. The first kappa shape index (κ1) is 24.3. The Hall–Kier alpha value is -4.34. The molecule has 1 N–H and O–H groups in total. The van der Waals surface area contributed by atoms with Gasteiger partial charge in [-0.3, -0.25) is 24.5 Å². The molecule has 0 bridgehead atoms. The van der Waals surface area contributed by atoms with Gasteiger partial charge in [0.1, 0.15) is 6.54 Å². The summed E-state index contributed by atoms with van der Waals surface area (Å²) < 4.78 is 6.16. The molecule has 10 heteroatoms. The standard InChI is InChI=1S/C24H24N4O6/c1-16(2)34-24(31)14-20(18-10-6-7-11-21(18)28(32)33)25-22(29)15-27-23(30)13-12-19(26-27)17-8-4-3-5-9-17/h3-13,16,20H,14-15H2,1-2H3,(H,25,29). The van der Waals surface area contributed by atoms with E-state index in [0.29, 0.717) is 5.69 Å². The van der Waals surface area contributed by atoms with Crippen LogP contribution in [0.3, 0.4) is 0 Å². The molecule has 3 rings (SSSR count). The summed E-state index contributed by atoms with van der Waals surface area (Å²) in [6.07, 6.45) is -0.709. The van der Waals surface area contributed by atoms with Crippen LogP contribution in [0.5, 0.6) is 0 Å². The normalized spacial score (nSPS) is 11.6. The van der Waals surface area contributed by atoms with Crippen LogP contribution in [0, 0.1) is 10.1 Å². The van der Waals surface area contributed by atoms with Crippen LogP contribution in [-0.4, -0.2) is 32.7 Å². The van der Waals surface area contributed by atoms with Gasteiger partial charge < -0.3 is 10.1 Å². The molecule has 0 aliphatic heterocycles. The van der Waals surface area contributed by atoms with Crippen molar-refractivity contribution in [1.82, 2.24) is 15.1 Å². The molecule has 1 atom stereocenters. The summed E-state index contributed by atoms with van der Waals surface area (Å²) in [5, 5.41) is 18.4. The number of carbonyl (C=O) groups is 2. The molecule has 1 heterocycles. The Morgan fingerprint density at radius 1 is 1.06 bits per heavy atom. The van der Waals surface area contributed by atoms with Crippen molar-refractivity contribution in [3.8, 4) is 11.3 Å². The monoisotopic (exact) mass is 464 g/mol. The Kier molecular flexibility index (Phi) is 7.86. The molecular formula is C24H24N4O6. The van der Waals surface area contributed by atoms with Crippen molar-refractivity contribution < 1.29 is 19.2 Å². The summed E-state index contributed by atoms with van der Waals surface area (Å²) in [5.74, 6) is -1.26. The summed E-state index contributed by atoms with van der Waals surface area (Å²) in [6.45, 7) is 2.92. The molecule has 176 valence electrons. The minimum absolute atomic E-state index is 0.153. The minimum atomic E-state index is -1.03. The number of hydrogen-bond donors (Lipinski definition) is 1. The quantitative estimate of drug-likeness (QED) is 0.292. The fraction of sp³-hybridized carbons (Fsp3) is 0.250. The first-order chi connectivity index (χ1) is 16.2. The van der Waals surface area contributed by atoms with Gasteiger partial charge in [-0.2, -0.15) is 5.10 Å². The van der Waals surface area contributed by atoms with Gasteiger partial charge in [0, 0.05) is 17.7 Å². The predicted octanol–water partition coefficient (Wildman–Crippen LogP) is 3.02. The predicted molar refractivity (Wildman–Crippen MR) is 124 cm³/mol. The Labute approximate surface area is 195 Å². The van der Waals surface area contributed by atoms with E-state index in [1.807, 2.05) is 30.3 Å². The SMILES string of the molecule is CC(C)OC(=O)CC(NC(=O)Cn1nc(-c2ccccc2)ccc1=O)c1ccccc1[N+](=O)[O-]. The second-order valence-corrected chi connectivity index (χ2v) is 7.76. The zero-order valence-corrected chi connectivity index (χ0v) is 18.7. The van der Waals surface area contributed by atoms with E-state index in [4.69, 9.17) is 4.74 Å². The van der Waals surface area contributed by atoms with E-state index in [2.05, 4.69) is 10.4 Å². The van der Waals surface area contributed by atoms with Crippen molar-refractivity contribution >= 4 is 17.6 Å². The second kappa shape index (κ2) is 11.0. The van der Waals surface area contributed by atoms with Gasteiger partial charge in [-0.05, 0) is 19.9 Å². The van der Waals surface area contributed by atoms with Gasteiger partial charge in [-0.1, -0.05) is 48.5 Å². The molecule has 2 aromatic carbocycles. The summed E-state index contributed by atoms with van der Waals surface area (Å²) in [4.78, 5) is 48.4. The first-order valence-electron chi connectivity index (χ1n) is 10.6. The minimum Gasteiger partial charge on any atom is -0.463 e. The lowest BCUT2D eigenvalue weighted by Crippen LogP contribution is -2.37. The van der Waals surface area contributed by atoms with Crippen molar-refractivity contribution in [1.29, 1.82) is 0 Å². The van der Waals surface area contributed by atoms with Crippen LogP contribution in [0.1, 0.15) is 31.9 Å². The van der Waals surface area contributed by atoms with Crippen LogP contribution in [0.4, 0.5) is 5.69 Å². The maximum atomic E-state index is 12.8. The van der Waals surface area contributed by atoms with Crippen LogP contribution in [-0.2, 0) is 20.9 Å². The van der Waals surface area contributed by atoms with E-state index in [1.165, 1.54) is 24.3 Å². The number of para-hydroxylation sites is 1. The summed E-state index contributed by atoms with van der Waals surface area (Å²) >= 11 is 0. The molecule has 0 aliphatic rings. The zero-order valence-electron chi connectivity index (χ0n) is 18.7. The number of carbonyl (C=O) groups excluding carboxylic acids is 2. The maximum absolute atomic E-state index is 12.8. The maximum Gasteiger partial charge on any atom is 0.308 e. The smallest absolute Gasteiger partial charge is 0.308 e. The van der Waals surface area contributed by atoms with Crippen molar-refractivity contribution in [2.45, 2.75) is 39.0 Å². The molecule has 10 nitrogen and oxygen atoms in total. The summed E-state index contributed by atoms with van der Waals surface area (Å²) in [7, 11) is 0. The molecule has 0 spiro atoms. The van der Waals surface area contributed by atoms with Crippen LogP contribution >= 0.6 is 0 Å². The average Bonchev–Trinajstić information content (AvgIpc) is 2.80. The van der Waals surface area contributed by atoms with Gasteiger partial charge in [-0.15, -0.1) is 0 Å². The van der Waals surface area contributed by atoms with Gasteiger partial charge in [0.05, 0.1) is 34.7 Å². The zero-order chi connectivity index (χ0) is 24.7. The highest BCUT2D eigenvalue weighted by Crippen LogP contribution is 2.27. The molecule has 1 unspecified atom stereocenters. The van der Waals surface area contributed by atoms with Crippen molar-refractivity contribution in [2.75, 3.05) is 0 Å². The molecule has 0 aliphatic carbocycles. The molecular weight excluding hydrogens is 440 g/mol. The van der Waals surface area contributed by atoms with E-state index >= 15 is 0 Å². The van der Waals surface area contributed by atoms with E-state index < -0.39 is 41.0 Å². The van der Waals surface area contributed by atoms with E-state index in [1.54, 1.807) is 26.0 Å². The van der Waals surface area contributed by atoms with Crippen LogP contribution < -0.4 is 10.9 Å². The molecule has 3 aromatic rings. The van der Waals surface area contributed by atoms with Crippen molar-refractivity contribution in [3.05, 3.63) is 92.8 Å². The highest BCUT2D eigenvalue weighted by Gasteiger charge is 2.27. The topological polar surface area (TPSA) is 133 Å². The highest BCUT2D eigenvalue weighted by molar-refractivity contribution is 5.78. The van der Waals surface area contributed by atoms with Crippen LogP contribution in [0.2, 0.25) is 0 Å². The van der Waals surface area contributed by atoms with E-state index in [9.17, 15) is 24.5 Å². The summed E-state index contributed by atoms with van der Waals surface area (Å²) in [6, 6.07) is 16.8.